The van der Waals surface area contributed by atoms with Gasteiger partial charge in [0.1, 0.15) is 5.75 Å². The fourth-order valence-electron chi connectivity index (χ4n) is 2.12. The molecule has 0 saturated heterocycles. The Morgan fingerprint density at radius 2 is 1.65 bits per heavy atom. The highest BCUT2D eigenvalue weighted by Crippen LogP contribution is 2.43. The first-order valence-electron chi connectivity index (χ1n) is 5.17. The van der Waals surface area contributed by atoms with Crippen molar-refractivity contribution >= 4 is 9.84 Å². The van der Waals surface area contributed by atoms with Gasteiger partial charge < -0.3 is 4.74 Å². The number of rotatable bonds is 1. The minimum Gasteiger partial charge on any atom is -0.497 e. The summed E-state index contributed by atoms with van der Waals surface area (Å²) in [5.41, 5.74) is 1.52. The second-order valence-electron chi connectivity index (χ2n) is 3.86. The van der Waals surface area contributed by atoms with Crippen LogP contribution in [-0.2, 0) is 9.84 Å². The van der Waals surface area contributed by atoms with Crippen LogP contribution < -0.4 is 4.74 Å². The van der Waals surface area contributed by atoms with Crippen LogP contribution in [0.1, 0.15) is 0 Å². The predicted molar refractivity (Wildman–Crippen MR) is 63.9 cm³/mol. The molecule has 0 fully saturated rings. The van der Waals surface area contributed by atoms with E-state index in [2.05, 4.69) is 0 Å². The molecule has 17 heavy (non-hydrogen) atoms. The highest BCUT2D eigenvalue weighted by Gasteiger charge is 2.32. The van der Waals surface area contributed by atoms with Crippen LogP contribution in [0, 0.1) is 0 Å². The van der Waals surface area contributed by atoms with Crippen molar-refractivity contribution in [2.45, 2.75) is 9.79 Å². The topological polar surface area (TPSA) is 43.4 Å². The molecule has 3 nitrogen and oxygen atoms in total. The molecule has 3 rings (SSSR count). The van der Waals surface area contributed by atoms with Gasteiger partial charge in [-0.2, -0.15) is 0 Å². The van der Waals surface area contributed by atoms with Crippen LogP contribution in [0.4, 0.5) is 0 Å². The Hall–Kier alpha value is -1.81. The molecule has 0 bridgehead atoms. The maximum absolute atomic E-state index is 12.3. The second-order valence-corrected chi connectivity index (χ2v) is 5.75. The van der Waals surface area contributed by atoms with Crippen molar-refractivity contribution in [1.29, 1.82) is 0 Å². The van der Waals surface area contributed by atoms with Crippen molar-refractivity contribution < 1.29 is 13.2 Å². The van der Waals surface area contributed by atoms with E-state index >= 15 is 0 Å². The normalized spacial score (nSPS) is 15.1. The van der Waals surface area contributed by atoms with Crippen LogP contribution in [0.25, 0.3) is 11.1 Å². The summed E-state index contributed by atoms with van der Waals surface area (Å²) in [7, 11) is -1.85. The average molecular weight is 246 g/mol. The lowest BCUT2D eigenvalue weighted by Crippen LogP contribution is -1.96. The molecule has 1 heterocycles. The first-order chi connectivity index (χ1) is 8.14. The lowest BCUT2D eigenvalue weighted by molar-refractivity contribution is 0.413. The second kappa shape index (κ2) is 3.34. The molecule has 0 radical (unpaired) electrons. The van der Waals surface area contributed by atoms with E-state index in [9.17, 15) is 8.42 Å². The van der Waals surface area contributed by atoms with Crippen LogP contribution in [0.5, 0.6) is 5.75 Å². The monoisotopic (exact) mass is 246 g/mol. The van der Waals surface area contributed by atoms with Gasteiger partial charge in [-0.3, -0.25) is 0 Å². The van der Waals surface area contributed by atoms with Crippen molar-refractivity contribution in [2.75, 3.05) is 7.11 Å². The van der Waals surface area contributed by atoms with Gasteiger partial charge in [0.25, 0.3) is 0 Å². The van der Waals surface area contributed by atoms with Crippen molar-refractivity contribution in [1.82, 2.24) is 0 Å². The SMILES string of the molecule is COc1ccc2c(c1)S(=O)(=O)c1ccccc1-2. The minimum absolute atomic E-state index is 0.332. The summed E-state index contributed by atoms with van der Waals surface area (Å²) in [5.74, 6) is 0.556. The summed E-state index contributed by atoms with van der Waals surface area (Å²) in [4.78, 5) is 0.710. The quantitative estimate of drug-likeness (QED) is 0.662. The van der Waals surface area contributed by atoms with Gasteiger partial charge in [0.15, 0.2) is 0 Å². The van der Waals surface area contributed by atoms with E-state index in [4.69, 9.17) is 4.74 Å². The van der Waals surface area contributed by atoms with Gasteiger partial charge >= 0.3 is 0 Å². The van der Waals surface area contributed by atoms with E-state index in [1.807, 2.05) is 12.1 Å². The predicted octanol–water partition coefficient (Wildman–Crippen LogP) is 2.51. The zero-order chi connectivity index (χ0) is 12.0. The van der Waals surface area contributed by atoms with Gasteiger partial charge in [-0.1, -0.05) is 18.2 Å². The highest BCUT2D eigenvalue weighted by atomic mass is 32.2. The van der Waals surface area contributed by atoms with E-state index in [1.165, 1.54) is 7.11 Å². The van der Waals surface area contributed by atoms with Crippen LogP contribution in [0.3, 0.4) is 0 Å². The average Bonchev–Trinajstić information content (AvgIpc) is 2.59. The maximum Gasteiger partial charge on any atom is 0.207 e. The molecular weight excluding hydrogens is 236 g/mol. The van der Waals surface area contributed by atoms with Crippen molar-refractivity contribution in [3.63, 3.8) is 0 Å². The number of ether oxygens (including phenoxy) is 1. The zero-order valence-electron chi connectivity index (χ0n) is 9.17. The molecule has 0 aliphatic carbocycles. The number of benzene rings is 2. The molecule has 2 aromatic carbocycles. The molecule has 0 spiro atoms. The Labute approximate surface area is 99.6 Å². The van der Waals surface area contributed by atoms with E-state index in [1.54, 1.807) is 30.3 Å². The largest absolute Gasteiger partial charge is 0.497 e. The minimum atomic E-state index is -3.38. The summed E-state index contributed by atoms with van der Waals surface area (Å²) in [5, 5.41) is 0. The van der Waals surface area contributed by atoms with Gasteiger partial charge in [0.2, 0.25) is 9.84 Å². The summed E-state index contributed by atoms with van der Waals surface area (Å²) in [6, 6.07) is 12.2. The third-order valence-corrected chi connectivity index (χ3v) is 4.80. The van der Waals surface area contributed by atoms with Gasteiger partial charge in [-0.25, -0.2) is 8.42 Å². The van der Waals surface area contributed by atoms with Crippen molar-refractivity contribution in [3.05, 3.63) is 42.5 Å². The van der Waals surface area contributed by atoms with Crippen LogP contribution in [0.2, 0.25) is 0 Å². The van der Waals surface area contributed by atoms with Crippen LogP contribution in [-0.4, -0.2) is 15.5 Å². The van der Waals surface area contributed by atoms with Gasteiger partial charge in [-0.15, -0.1) is 0 Å². The van der Waals surface area contributed by atoms with E-state index in [0.29, 0.717) is 15.5 Å². The standard InChI is InChI=1S/C13H10O3S/c1-16-9-6-7-11-10-4-2-3-5-12(10)17(14,15)13(11)8-9/h2-8H,1H3. The molecule has 0 atom stereocenters. The first-order valence-corrected chi connectivity index (χ1v) is 6.65. The molecule has 0 N–H and O–H groups in total. The molecule has 2 aromatic rings. The van der Waals surface area contributed by atoms with Crippen LogP contribution in [0.15, 0.2) is 52.3 Å². The summed E-state index contributed by atoms with van der Waals surface area (Å²) in [6.45, 7) is 0. The summed E-state index contributed by atoms with van der Waals surface area (Å²) in [6.07, 6.45) is 0. The summed E-state index contributed by atoms with van der Waals surface area (Å²) < 4.78 is 29.6. The zero-order valence-corrected chi connectivity index (χ0v) is 9.99. The van der Waals surface area contributed by atoms with Crippen molar-refractivity contribution in [3.8, 4) is 16.9 Å². The fourth-order valence-corrected chi connectivity index (χ4v) is 3.82. The number of sulfone groups is 1. The molecule has 0 unspecified atom stereocenters. The Balaban J connectivity index is 2.40. The summed E-state index contributed by atoms with van der Waals surface area (Å²) >= 11 is 0. The van der Waals surface area contributed by atoms with E-state index in [-0.39, 0.29) is 0 Å². The number of hydrogen-bond donors (Lipinski definition) is 0. The Kier molecular flexibility index (Phi) is 2.03. The third kappa shape index (κ3) is 1.31. The Morgan fingerprint density at radius 3 is 2.41 bits per heavy atom. The smallest absolute Gasteiger partial charge is 0.207 e. The highest BCUT2D eigenvalue weighted by molar-refractivity contribution is 7.92. The number of fused-ring (bicyclic) bond motifs is 3. The van der Waals surface area contributed by atoms with Gasteiger partial charge in [-0.05, 0) is 24.3 Å². The first kappa shape index (κ1) is 10.4. The maximum atomic E-state index is 12.3. The van der Waals surface area contributed by atoms with Crippen LogP contribution >= 0.6 is 0 Å². The van der Waals surface area contributed by atoms with Gasteiger partial charge in [0, 0.05) is 11.1 Å². The fraction of sp³-hybridized carbons (Fsp3) is 0.0769. The van der Waals surface area contributed by atoms with Crippen molar-refractivity contribution in [2.24, 2.45) is 0 Å². The van der Waals surface area contributed by atoms with E-state index in [0.717, 1.165) is 11.1 Å². The molecule has 0 saturated carbocycles. The lowest BCUT2D eigenvalue weighted by Gasteiger charge is -2.02. The van der Waals surface area contributed by atoms with E-state index < -0.39 is 9.84 Å². The number of hydrogen-bond acceptors (Lipinski definition) is 3. The molecule has 0 amide bonds. The molecular formula is C13H10O3S. The molecule has 4 heteroatoms. The number of methoxy groups -OCH3 is 1. The molecule has 1 aliphatic heterocycles. The third-order valence-electron chi connectivity index (χ3n) is 2.95. The molecule has 86 valence electrons. The molecule has 0 aromatic heterocycles. The lowest BCUT2D eigenvalue weighted by atomic mass is 10.1. The molecule has 1 aliphatic rings. The Bertz CT molecular complexity index is 702. The Morgan fingerprint density at radius 1 is 0.941 bits per heavy atom. The van der Waals surface area contributed by atoms with Gasteiger partial charge in [0.05, 0.1) is 16.9 Å².